The van der Waals surface area contributed by atoms with E-state index in [0.717, 1.165) is 30.4 Å². The molecule has 1 aliphatic carbocycles. The fourth-order valence-corrected chi connectivity index (χ4v) is 4.59. The summed E-state index contributed by atoms with van der Waals surface area (Å²) in [4.78, 5) is 42.6. The van der Waals surface area contributed by atoms with Crippen molar-refractivity contribution >= 4 is 17.7 Å². The highest BCUT2D eigenvalue weighted by Crippen LogP contribution is 2.29. The number of rotatable bonds is 9. The number of aromatic nitrogens is 2. The molecule has 37 heavy (non-hydrogen) atoms. The minimum absolute atomic E-state index is 0.0872. The van der Waals surface area contributed by atoms with Gasteiger partial charge in [-0.25, -0.2) is 4.39 Å². The van der Waals surface area contributed by atoms with E-state index in [0.29, 0.717) is 31.9 Å². The van der Waals surface area contributed by atoms with E-state index in [-0.39, 0.29) is 48.2 Å². The summed E-state index contributed by atoms with van der Waals surface area (Å²) in [6, 6.07) is 17.5. The number of benzene rings is 2. The number of carbonyl (C=O) groups is 3. The maximum absolute atomic E-state index is 13.4. The van der Waals surface area contributed by atoms with Crippen LogP contribution in [0, 0.1) is 5.82 Å². The molecule has 0 bridgehead atoms. The van der Waals surface area contributed by atoms with Gasteiger partial charge in [0.25, 0.3) is 11.8 Å². The third kappa shape index (κ3) is 6.04. The molecule has 0 spiro atoms. The van der Waals surface area contributed by atoms with Gasteiger partial charge in [-0.15, -0.1) is 0 Å². The standard InChI is InChI=1S/C28H30FN5O3/c29-22-9-7-20(8-10-22)18-30-26(35)13-16-33(23-11-12-23)27(36)24-17-25-28(37)32(14-4-15-34(25)31-24)19-21-5-2-1-3-6-21/h1-3,5-10,17,23H,4,11-16,18-19H2,(H,30,35). The molecular weight excluding hydrogens is 473 g/mol. The van der Waals surface area contributed by atoms with Gasteiger partial charge in [0, 0.05) is 51.3 Å². The van der Waals surface area contributed by atoms with Crippen LogP contribution < -0.4 is 5.32 Å². The number of halogens is 1. The van der Waals surface area contributed by atoms with Crippen molar-refractivity contribution in [3.8, 4) is 0 Å². The number of fused-ring (bicyclic) bond motifs is 1. The lowest BCUT2D eigenvalue weighted by molar-refractivity contribution is -0.121. The molecule has 3 aromatic rings. The van der Waals surface area contributed by atoms with Crippen molar-refractivity contribution in [1.29, 1.82) is 0 Å². The average Bonchev–Trinajstić information content (AvgIpc) is 3.68. The van der Waals surface area contributed by atoms with Crippen molar-refractivity contribution in [2.24, 2.45) is 0 Å². The number of aryl methyl sites for hydroxylation is 1. The van der Waals surface area contributed by atoms with E-state index in [9.17, 15) is 18.8 Å². The predicted octanol–water partition coefficient (Wildman–Crippen LogP) is 3.38. The Labute approximate surface area is 215 Å². The summed E-state index contributed by atoms with van der Waals surface area (Å²) >= 11 is 0. The third-order valence-corrected chi connectivity index (χ3v) is 6.75. The Kier molecular flexibility index (Phi) is 7.30. The zero-order chi connectivity index (χ0) is 25.8. The third-order valence-electron chi connectivity index (χ3n) is 6.75. The summed E-state index contributed by atoms with van der Waals surface area (Å²) in [6.45, 7) is 2.27. The number of amides is 3. The van der Waals surface area contributed by atoms with Crippen molar-refractivity contribution in [2.75, 3.05) is 13.1 Å². The van der Waals surface area contributed by atoms with Crippen molar-refractivity contribution in [2.45, 2.75) is 51.4 Å². The molecule has 1 N–H and O–H groups in total. The molecule has 1 saturated carbocycles. The smallest absolute Gasteiger partial charge is 0.274 e. The maximum atomic E-state index is 13.4. The summed E-state index contributed by atoms with van der Waals surface area (Å²) in [5.41, 5.74) is 2.51. The molecule has 2 aliphatic rings. The van der Waals surface area contributed by atoms with Gasteiger partial charge in [0.1, 0.15) is 11.5 Å². The molecule has 1 fully saturated rings. The van der Waals surface area contributed by atoms with E-state index in [4.69, 9.17) is 0 Å². The van der Waals surface area contributed by atoms with Crippen molar-refractivity contribution in [3.63, 3.8) is 0 Å². The van der Waals surface area contributed by atoms with Gasteiger partial charge in [0.15, 0.2) is 5.69 Å². The molecule has 8 nitrogen and oxygen atoms in total. The van der Waals surface area contributed by atoms with Crippen LogP contribution in [0.25, 0.3) is 0 Å². The molecule has 2 heterocycles. The van der Waals surface area contributed by atoms with Gasteiger partial charge in [0.2, 0.25) is 5.91 Å². The fourth-order valence-electron chi connectivity index (χ4n) is 4.59. The highest BCUT2D eigenvalue weighted by Gasteiger charge is 2.35. The Hall–Kier alpha value is -4.01. The van der Waals surface area contributed by atoms with Gasteiger partial charge >= 0.3 is 0 Å². The molecule has 192 valence electrons. The quantitative estimate of drug-likeness (QED) is 0.485. The van der Waals surface area contributed by atoms with E-state index in [1.54, 1.807) is 32.7 Å². The lowest BCUT2D eigenvalue weighted by Gasteiger charge is -2.21. The zero-order valence-corrected chi connectivity index (χ0v) is 20.6. The first-order valence-corrected chi connectivity index (χ1v) is 12.7. The summed E-state index contributed by atoms with van der Waals surface area (Å²) in [7, 11) is 0. The molecular formula is C28H30FN5O3. The first-order chi connectivity index (χ1) is 18.0. The highest BCUT2D eigenvalue weighted by molar-refractivity contribution is 5.98. The van der Waals surface area contributed by atoms with Crippen molar-refractivity contribution in [1.82, 2.24) is 24.9 Å². The molecule has 0 radical (unpaired) electrons. The normalized spacial score (nSPS) is 15.2. The Morgan fingerprint density at radius 1 is 1.03 bits per heavy atom. The molecule has 9 heteroatoms. The molecule has 3 amide bonds. The summed E-state index contributed by atoms with van der Waals surface area (Å²) in [6.07, 6.45) is 2.68. The SMILES string of the molecule is O=C(CCN(C(=O)c1cc2n(n1)CCCN(Cc1ccccc1)C2=O)C1CC1)NCc1ccc(F)cc1. The van der Waals surface area contributed by atoms with Crippen LogP contribution >= 0.6 is 0 Å². The summed E-state index contributed by atoms with van der Waals surface area (Å²) in [5.74, 6) is -0.895. The Balaban J connectivity index is 1.22. The van der Waals surface area contributed by atoms with Crippen LogP contribution in [0.4, 0.5) is 4.39 Å². The monoisotopic (exact) mass is 503 g/mol. The minimum atomic E-state index is -0.323. The van der Waals surface area contributed by atoms with E-state index in [2.05, 4.69) is 10.4 Å². The Morgan fingerprint density at radius 3 is 2.51 bits per heavy atom. The molecule has 1 aromatic heterocycles. The van der Waals surface area contributed by atoms with Crippen LogP contribution in [0.3, 0.4) is 0 Å². The molecule has 0 atom stereocenters. The van der Waals surface area contributed by atoms with Gasteiger partial charge in [-0.05, 0) is 42.5 Å². The van der Waals surface area contributed by atoms with Crippen LogP contribution in [0.1, 0.15) is 57.8 Å². The number of hydrogen-bond donors (Lipinski definition) is 1. The lowest BCUT2D eigenvalue weighted by atomic mass is 10.2. The zero-order valence-electron chi connectivity index (χ0n) is 20.6. The van der Waals surface area contributed by atoms with E-state index in [1.807, 2.05) is 30.3 Å². The van der Waals surface area contributed by atoms with Crippen LogP contribution in [0.15, 0.2) is 60.7 Å². The number of nitrogens with zero attached hydrogens (tertiary/aromatic N) is 4. The minimum Gasteiger partial charge on any atom is -0.352 e. The second-order valence-corrected chi connectivity index (χ2v) is 9.59. The second kappa shape index (κ2) is 10.9. The average molecular weight is 504 g/mol. The van der Waals surface area contributed by atoms with Gasteiger partial charge in [-0.1, -0.05) is 42.5 Å². The molecule has 5 rings (SSSR count). The van der Waals surface area contributed by atoms with Crippen LogP contribution in [-0.2, 0) is 24.4 Å². The van der Waals surface area contributed by atoms with Crippen LogP contribution in [0.2, 0.25) is 0 Å². The second-order valence-electron chi connectivity index (χ2n) is 9.59. The molecule has 0 saturated heterocycles. The number of carbonyl (C=O) groups excluding carboxylic acids is 3. The van der Waals surface area contributed by atoms with Crippen LogP contribution in [0.5, 0.6) is 0 Å². The Bertz CT molecular complexity index is 1270. The largest absolute Gasteiger partial charge is 0.352 e. The topological polar surface area (TPSA) is 87.5 Å². The van der Waals surface area contributed by atoms with E-state index in [1.165, 1.54) is 12.1 Å². The molecule has 1 aliphatic heterocycles. The number of nitrogens with one attached hydrogen (secondary N) is 1. The van der Waals surface area contributed by atoms with Crippen molar-refractivity contribution < 1.29 is 18.8 Å². The predicted molar refractivity (Wildman–Crippen MR) is 135 cm³/mol. The Morgan fingerprint density at radius 2 is 1.78 bits per heavy atom. The van der Waals surface area contributed by atoms with Gasteiger partial charge in [-0.3, -0.25) is 19.1 Å². The van der Waals surface area contributed by atoms with E-state index < -0.39 is 0 Å². The first-order valence-electron chi connectivity index (χ1n) is 12.7. The fraction of sp³-hybridized carbons (Fsp3) is 0.357. The van der Waals surface area contributed by atoms with E-state index >= 15 is 0 Å². The molecule has 0 unspecified atom stereocenters. The van der Waals surface area contributed by atoms with Crippen molar-refractivity contribution in [3.05, 3.63) is 89.0 Å². The lowest BCUT2D eigenvalue weighted by Crippen LogP contribution is -2.37. The van der Waals surface area contributed by atoms with Gasteiger partial charge in [0.05, 0.1) is 0 Å². The first kappa shape index (κ1) is 24.7. The summed E-state index contributed by atoms with van der Waals surface area (Å²) < 4.78 is 14.7. The maximum Gasteiger partial charge on any atom is 0.274 e. The number of hydrogen-bond acceptors (Lipinski definition) is 4. The summed E-state index contributed by atoms with van der Waals surface area (Å²) in [5, 5.41) is 7.31. The molecule has 2 aromatic carbocycles. The van der Waals surface area contributed by atoms with Gasteiger partial charge < -0.3 is 15.1 Å². The van der Waals surface area contributed by atoms with Gasteiger partial charge in [-0.2, -0.15) is 5.10 Å². The van der Waals surface area contributed by atoms with Crippen LogP contribution in [-0.4, -0.2) is 56.4 Å². The highest BCUT2D eigenvalue weighted by atomic mass is 19.1.